The van der Waals surface area contributed by atoms with Crippen LogP contribution in [0.5, 0.6) is 0 Å². The van der Waals surface area contributed by atoms with Gasteiger partial charge in [-0.2, -0.15) is 0 Å². The molecule has 0 unspecified atom stereocenters. The highest BCUT2D eigenvalue weighted by Crippen LogP contribution is 2.37. The van der Waals surface area contributed by atoms with E-state index in [1.807, 2.05) is 61.8 Å². The van der Waals surface area contributed by atoms with Crippen LogP contribution in [0.4, 0.5) is 5.69 Å². The van der Waals surface area contributed by atoms with Crippen LogP contribution >= 0.6 is 11.8 Å². The Labute approximate surface area is 197 Å². The zero-order chi connectivity index (χ0) is 22.9. The number of likely N-dealkylation sites (N-methyl/N-ethyl adjacent to an activating group) is 1. The molecule has 1 aromatic heterocycles. The lowest BCUT2D eigenvalue weighted by Crippen LogP contribution is -2.48. The molecule has 0 bridgehead atoms. The fourth-order valence-corrected chi connectivity index (χ4v) is 5.37. The number of carbonyl (C=O) groups excluding carboxylic acids is 2. The monoisotopic (exact) mass is 455 g/mol. The average molecular weight is 456 g/mol. The summed E-state index contributed by atoms with van der Waals surface area (Å²) in [5.74, 6) is 0.153. The number of nitrogens with zero attached hydrogens (tertiary/aromatic N) is 2. The van der Waals surface area contributed by atoms with Gasteiger partial charge in [0.2, 0.25) is 5.91 Å². The Balaban J connectivity index is 1.34. The van der Waals surface area contributed by atoms with E-state index in [0.717, 1.165) is 33.5 Å². The SMILES string of the molecule is CN1C(=O)[C@@H](NC(=O)c2cccc(Cc3ccccc3)c2)CSc2cc3c(ccn3C)cc21. The fraction of sp³-hybridized carbons (Fsp3) is 0.185. The molecule has 33 heavy (non-hydrogen) atoms. The molecular formula is C27H25N3O2S. The van der Waals surface area contributed by atoms with E-state index in [-0.39, 0.29) is 11.8 Å². The summed E-state index contributed by atoms with van der Waals surface area (Å²) in [6.45, 7) is 0. The van der Waals surface area contributed by atoms with Gasteiger partial charge >= 0.3 is 0 Å². The van der Waals surface area contributed by atoms with Gasteiger partial charge in [-0.15, -0.1) is 11.8 Å². The van der Waals surface area contributed by atoms with E-state index in [4.69, 9.17) is 0 Å². The first-order valence-corrected chi connectivity index (χ1v) is 11.9. The van der Waals surface area contributed by atoms with E-state index in [1.165, 1.54) is 5.56 Å². The molecule has 1 atom stereocenters. The first-order chi connectivity index (χ1) is 16.0. The van der Waals surface area contributed by atoms with Gasteiger partial charge in [-0.25, -0.2) is 0 Å². The van der Waals surface area contributed by atoms with Crippen LogP contribution in [0.15, 0.2) is 83.9 Å². The molecule has 4 aromatic rings. The summed E-state index contributed by atoms with van der Waals surface area (Å²) in [6, 6.07) is 23.4. The molecule has 1 aliphatic heterocycles. The molecule has 0 aliphatic carbocycles. The third kappa shape index (κ3) is 4.26. The first-order valence-electron chi connectivity index (χ1n) is 10.9. The molecular weight excluding hydrogens is 430 g/mol. The largest absolute Gasteiger partial charge is 0.351 e. The number of carbonyl (C=O) groups is 2. The standard InChI is InChI=1S/C27H25N3O2S/c1-29-12-11-20-15-24-25(16-23(20)29)33-17-22(27(32)30(24)2)28-26(31)21-10-6-9-19(14-21)13-18-7-4-3-5-8-18/h3-12,14-16,22H,13,17H2,1-2H3,(H,28,31)/t22-/m0/s1. The van der Waals surface area contributed by atoms with E-state index in [0.29, 0.717) is 11.3 Å². The molecule has 2 amide bonds. The molecule has 0 fully saturated rings. The fourth-order valence-electron chi connectivity index (χ4n) is 4.26. The van der Waals surface area contributed by atoms with Crippen LogP contribution in [0.1, 0.15) is 21.5 Å². The number of anilines is 1. The summed E-state index contributed by atoms with van der Waals surface area (Å²) in [6.07, 6.45) is 2.77. The molecule has 2 heterocycles. The molecule has 0 spiro atoms. The van der Waals surface area contributed by atoms with Crippen LogP contribution in [-0.2, 0) is 18.3 Å². The second-order valence-electron chi connectivity index (χ2n) is 8.40. The van der Waals surface area contributed by atoms with Gasteiger partial charge in [0.05, 0.1) is 5.69 Å². The number of aromatic nitrogens is 1. The number of thioether (sulfide) groups is 1. The van der Waals surface area contributed by atoms with E-state index in [2.05, 4.69) is 28.1 Å². The molecule has 0 saturated carbocycles. The number of benzene rings is 3. The van der Waals surface area contributed by atoms with Crippen molar-refractivity contribution < 1.29 is 9.59 Å². The topological polar surface area (TPSA) is 54.3 Å². The number of rotatable bonds is 4. The van der Waals surface area contributed by atoms with Crippen molar-refractivity contribution in [1.82, 2.24) is 9.88 Å². The molecule has 0 radical (unpaired) electrons. The smallest absolute Gasteiger partial charge is 0.251 e. The van der Waals surface area contributed by atoms with Crippen molar-refractivity contribution >= 4 is 40.2 Å². The van der Waals surface area contributed by atoms with Crippen molar-refractivity contribution in [3.63, 3.8) is 0 Å². The van der Waals surface area contributed by atoms with Gasteiger partial charge in [0, 0.05) is 47.4 Å². The Hall–Kier alpha value is -3.51. The lowest BCUT2D eigenvalue weighted by atomic mass is 10.0. The Kier molecular flexibility index (Phi) is 5.68. The third-order valence-electron chi connectivity index (χ3n) is 6.11. The molecule has 6 heteroatoms. The van der Waals surface area contributed by atoms with E-state index < -0.39 is 6.04 Å². The Morgan fingerprint density at radius 2 is 1.79 bits per heavy atom. The Morgan fingerprint density at radius 3 is 2.61 bits per heavy atom. The van der Waals surface area contributed by atoms with Crippen molar-refractivity contribution in [3.8, 4) is 0 Å². The van der Waals surface area contributed by atoms with Crippen molar-refractivity contribution in [2.45, 2.75) is 17.4 Å². The highest BCUT2D eigenvalue weighted by atomic mass is 32.2. The van der Waals surface area contributed by atoms with Crippen molar-refractivity contribution in [2.75, 3.05) is 17.7 Å². The lowest BCUT2D eigenvalue weighted by molar-refractivity contribution is -0.119. The number of hydrogen-bond acceptors (Lipinski definition) is 3. The van der Waals surface area contributed by atoms with E-state index >= 15 is 0 Å². The summed E-state index contributed by atoms with van der Waals surface area (Å²) >= 11 is 1.60. The minimum Gasteiger partial charge on any atom is -0.351 e. The maximum absolute atomic E-state index is 13.2. The van der Waals surface area contributed by atoms with Gasteiger partial charge in [0.25, 0.3) is 5.91 Å². The Morgan fingerprint density at radius 1 is 1.00 bits per heavy atom. The number of amides is 2. The van der Waals surface area contributed by atoms with Gasteiger partial charge in [-0.1, -0.05) is 42.5 Å². The van der Waals surface area contributed by atoms with E-state index in [1.54, 1.807) is 29.8 Å². The second-order valence-corrected chi connectivity index (χ2v) is 9.46. The second kappa shape index (κ2) is 8.79. The van der Waals surface area contributed by atoms with Crippen LogP contribution in [0, 0.1) is 0 Å². The molecule has 166 valence electrons. The predicted octanol–water partition coefficient (Wildman–Crippen LogP) is 4.64. The van der Waals surface area contributed by atoms with Gasteiger partial charge < -0.3 is 14.8 Å². The van der Waals surface area contributed by atoms with Gasteiger partial charge in [-0.3, -0.25) is 9.59 Å². The average Bonchev–Trinajstić information content (AvgIpc) is 3.15. The van der Waals surface area contributed by atoms with Crippen LogP contribution in [0.3, 0.4) is 0 Å². The zero-order valence-corrected chi connectivity index (χ0v) is 19.4. The molecule has 1 aliphatic rings. The molecule has 0 saturated heterocycles. The third-order valence-corrected chi connectivity index (χ3v) is 7.25. The maximum Gasteiger partial charge on any atom is 0.251 e. The number of hydrogen-bond donors (Lipinski definition) is 1. The highest BCUT2D eigenvalue weighted by molar-refractivity contribution is 7.99. The lowest BCUT2D eigenvalue weighted by Gasteiger charge is -2.22. The van der Waals surface area contributed by atoms with Gasteiger partial charge in [-0.05, 0) is 47.9 Å². The zero-order valence-electron chi connectivity index (χ0n) is 18.6. The van der Waals surface area contributed by atoms with Crippen molar-refractivity contribution in [2.24, 2.45) is 7.05 Å². The highest BCUT2D eigenvalue weighted by Gasteiger charge is 2.30. The molecule has 3 aromatic carbocycles. The van der Waals surface area contributed by atoms with Gasteiger partial charge in [0.1, 0.15) is 6.04 Å². The Bertz CT molecular complexity index is 1350. The van der Waals surface area contributed by atoms with Crippen molar-refractivity contribution in [3.05, 3.63) is 95.7 Å². The summed E-state index contributed by atoms with van der Waals surface area (Å²) in [7, 11) is 3.79. The maximum atomic E-state index is 13.2. The van der Waals surface area contributed by atoms with Crippen LogP contribution in [0.25, 0.3) is 10.9 Å². The minimum atomic E-state index is -0.596. The summed E-state index contributed by atoms with van der Waals surface area (Å²) < 4.78 is 2.07. The van der Waals surface area contributed by atoms with Crippen molar-refractivity contribution in [1.29, 1.82) is 0 Å². The number of nitrogens with one attached hydrogen (secondary N) is 1. The van der Waals surface area contributed by atoms with E-state index in [9.17, 15) is 9.59 Å². The molecule has 5 nitrogen and oxygen atoms in total. The van der Waals surface area contributed by atoms with Gasteiger partial charge in [0.15, 0.2) is 0 Å². The summed E-state index contributed by atoms with van der Waals surface area (Å²) in [4.78, 5) is 29.0. The quantitative estimate of drug-likeness (QED) is 0.488. The normalized spacial score (nSPS) is 15.9. The summed E-state index contributed by atoms with van der Waals surface area (Å²) in [5.41, 5.74) is 4.82. The predicted molar refractivity (Wildman–Crippen MR) is 134 cm³/mol. The summed E-state index contributed by atoms with van der Waals surface area (Å²) in [5, 5.41) is 4.06. The van der Waals surface area contributed by atoms with Crippen LogP contribution < -0.4 is 10.2 Å². The number of fused-ring (bicyclic) bond motifs is 2. The molecule has 5 rings (SSSR count). The van der Waals surface area contributed by atoms with Crippen LogP contribution in [0.2, 0.25) is 0 Å². The molecule has 1 N–H and O–H groups in total. The van der Waals surface area contributed by atoms with Crippen LogP contribution in [-0.4, -0.2) is 35.2 Å². The number of aryl methyl sites for hydroxylation is 1. The first kappa shape index (κ1) is 21.3. The minimum absolute atomic E-state index is 0.106.